The average Bonchev–Trinajstić information content (AvgIpc) is 2.91. The normalized spacial score (nSPS) is 13.8. The van der Waals surface area contributed by atoms with Gasteiger partial charge in [0, 0.05) is 24.8 Å². The van der Waals surface area contributed by atoms with E-state index in [0.29, 0.717) is 5.82 Å². The van der Waals surface area contributed by atoms with Crippen molar-refractivity contribution in [1.82, 2.24) is 19.7 Å². The largest absolute Gasteiger partial charge is 0.366 e. The van der Waals surface area contributed by atoms with Crippen LogP contribution in [-0.4, -0.2) is 23.4 Å². The smallest absolute Gasteiger partial charge is 0.242 e. The summed E-state index contributed by atoms with van der Waals surface area (Å²) >= 11 is 0. The monoisotopic (exact) mass is 240 g/mol. The average molecular weight is 240 g/mol. The Morgan fingerprint density at radius 1 is 1.44 bits per heavy atom. The first-order valence-corrected chi connectivity index (χ1v) is 6.22. The van der Waals surface area contributed by atoms with Crippen molar-refractivity contribution in [2.45, 2.75) is 17.9 Å². The van der Waals surface area contributed by atoms with E-state index in [1.165, 1.54) is 12.3 Å². The van der Waals surface area contributed by atoms with Crippen LogP contribution in [0.3, 0.4) is 0 Å². The summed E-state index contributed by atoms with van der Waals surface area (Å²) in [6.07, 6.45) is 6.22. The van der Waals surface area contributed by atoms with Crippen molar-refractivity contribution in [2.24, 2.45) is 0 Å². The Kier molecular flexibility index (Phi) is 2.80. The number of H-pyrrole nitrogens is 2. The molecule has 0 amide bonds. The number of aromatic nitrogens is 3. The first-order chi connectivity index (χ1) is 7.59. The van der Waals surface area contributed by atoms with Crippen LogP contribution >= 0.6 is 0 Å². The molecule has 0 fully saturated rings. The molecule has 2 aromatic heterocycles. The van der Waals surface area contributed by atoms with Gasteiger partial charge >= 0.3 is 0 Å². The van der Waals surface area contributed by atoms with E-state index in [0.717, 1.165) is 0 Å². The second-order valence-corrected chi connectivity index (χ2v) is 5.08. The fourth-order valence-electron chi connectivity index (χ4n) is 1.35. The number of imidazole rings is 1. The lowest BCUT2D eigenvalue weighted by Crippen LogP contribution is -2.27. The number of hydrogen-bond acceptors (Lipinski definition) is 3. The van der Waals surface area contributed by atoms with Crippen molar-refractivity contribution in [2.75, 3.05) is 0 Å². The minimum Gasteiger partial charge on any atom is -0.366 e. The van der Waals surface area contributed by atoms with Gasteiger partial charge in [0.15, 0.2) is 0 Å². The highest BCUT2D eigenvalue weighted by atomic mass is 32.2. The minimum absolute atomic E-state index is 0.214. The first-order valence-electron chi connectivity index (χ1n) is 4.74. The van der Waals surface area contributed by atoms with Gasteiger partial charge in [-0.25, -0.2) is 18.1 Å². The van der Waals surface area contributed by atoms with Crippen LogP contribution in [0.25, 0.3) is 0 Å². The van der Waals surface area contributed by atoms with Gasteiger partial charge in [-0.1, -0.05) is 0 Å². The minimum atomic E-state index is -3.48. The molecule has 0 aliphatic rings. The highest BCUT2D eigenvalue weighted by Crippen LogP contribution is 2.12. The molecule has 0 aliphatic carbocycles. The van der Waals surface area contributed by atoms with E-state index in [2.05, 4.69) is 19.7 Å². The third-order valence-electron chi connectivity index (χ3n) is 2.14. The Morgan fingerprint density at radius 2 is 2.25 bits per heavy atom. The summed E-state index contributed by atoms with van der Waals surface area (Å²) in [5.41, 5.74) is 0. The second kappa shape index (κ2) is 4.11. The molecule has 0 aliphatic heterocycles. The molecule has 1 atom stereocenters. The van der Waals surface area contributed by atoms with Gasteiger partial charge in [0.05, 0.1) is 10.9 Å². The zero-order valence-corrected chi connectivity index (χ0v) is 9.45. The van der Waals surface area contributed by atoms with Crippen molar-refractivity contribution < 1.29 is 8.42 Å². The zero-order valence-electron chi connectivity index (χ0n) is 8.64. The molecule has 3 N–H and O–H groups in total. The fourth-order valence-corrected chi connectivity index (χ4v) is 2.53. The van der Waals surface area contributed by atoms with Crippen LogP contribution in [0, 0.1) is 0 Å². The standard InChI is InChI=1S/C9H12N4O2S/c1-7(9-11-4-5-12-9)13-16(14,15)8-2-3-10-6-8/h2-7,10,13H,1H3,(H,11,12). The van der Waals surface area contributed by atoms with Crippen LogP contribution in [0.15, 0.2) is 35.7 Å². The van der Waals surface area contributed by atoms with E-state index < -0.39 is 16.1 Å². The maximum absolute atomic E-state index is 11.8. The molecular formula is C9H12N4O2S. The Labute approximate surface area is 93.2 Å². The molecule has 16 heavy (non-hydrogen) atoms. The number of nitrogens with zero attached hydrogens (tertiary/aromatic N) is 1. The van der Waals surface area contributed by atoms with E-state index in [-0.39, 0.29) is 4.90 Å². The fraction of sp³-hybridized carbons (Fsp3) is 0.222. The number of hydrogen-bond donors (Lipinski definition) is 3. The van der Waals surface area contributed by atoms with Crippen LogP contribution in [0.2, 0.25) is 0 Å². The van der Waals surface area contributed by atoms with Gasteiger partial charge in [-0.05, 0) is 13.0 Å². The van der Waals surface area contributed by atoms with Crippen molar-refractivity contribution in [3.05, 3.63) is 36.7 Å². The molecule has 2 rings (SSSR count). The summed E-state index contributed by atoms with van der Waals surface area (Å²) in [6, 6.07) is 1.10. The first kappa shape index (κ1) is 10.9. The summed E-state index contributed by atoms with van der Waals surface area (Å²) in [7, 11) is -3.48. The Bertz CT molecular complexity index is 530. The van der Waals surface area contributed by atoms with Crippen molar-refractivity contribution in [3.63, 3.8) is 0 Å². The summed E-state index contributed by atoms with van der Waals surface area (Å²) in [4.78, 5) is 9.77. The third-order valence-corrected chi connectivity index (χ3v) is 3.68. The molecular weight excluding hydrogens is 228 g/mol. The topological polar surface area (TPSA) is 90.6 Å². The van der Waals surface area contributed by atoms with Crippen LogP contribution in [0.5, 0.6) is 0 Å². The maximum Gasteiger partial charge on any atom is 0.242 e. The van der Waals surface area contributed by atoms with Crippen LogP contribution in [-0.2, 0) is 10.0 Å². The molecule has 0 bridgehead atoms. The van der Waals surface area contributed by atoms with E-state index in [9.17, 15) is 8.42 Å². The lowest BCUT2D eigenvalue weighted by atomic mass is 10.3. The number of aromatic amines is 2. The van der Waals surface area contributed by atoms with Gasteiger partial charge < -0.3 is 9.97 Å². The van der Waals surface area contributed by atoms with Crippen LogP contribution < -0.4 is 4.72 Å². The Morgan fingerprint density at radius 3 is 2.81 bits per heavy atom. The van der Waals surface area contributed by atoms with Crippen molar-refractivity contribution >= 4 is 10.0 Å². The SMILES string of the molecule is CC(NS(=O)(=O)c1cc[nH]c1)c1ncc[nH]1. The molecule has 86 valence electrons. The van der Waals surface area contributed by atoms with Gasteiger partial charge in [0.2, 0.25) is 10.0 Å². The predicted octanol–water partition coefficient (Wildman–Crippen LogP) is 0.777. The van der Waals surface area contributed by atoms with E-state index >= 15 is 0 Å². The molecule has 2 heterocycles. The molecule has 0 saturated carbocycles. The van der Waals surface area contributed by atoms with Gasteiger partial charge in [-0.15, -0.1) is 0 Å². The summed E-state index contributed by atoms with van der Waals surface area (Å²) < 4.78 is 26.2. The summed E-state index contributed by atoms with van der Waals surface area (Å²) in [6.45, 7) is 1.73. The third kappa shape index (κ3) is 2.15. The Hall–Kier alpha value is -1.60. The number of sulfonamides is 1. The van der Waals surface area contributed by atoms with Gasteiger partial charge in [0.25, 0.3) is 0 Å². The van der Waals surface area contributed by atoms with Crippen molar-refractivity contribution in [1.29, 1.82) is 0 Å². The highest BCUT2D eigenvalue weighted by Gasteiger charge is 2.19. The zero-order chi connectivity index (χ0) is 11.6. The molecule has 7 heteroatoms. The molecule has 6 nitrogen and oxygen atoms in total. The van der Waals surface area contributed by atoms with Crippen LogP contribution in [0.1, 0.15) is 18.8 Å². The molecule has 0 spiro atoms. The lowest BCUT2D eigenvalue weighted by Gasteiger charge is -2.10. The van der Waals surface area contributed by atoms with Gasteiger partial charge in [0.1, 0.15) is 5.82 Å². The van der Waals surface area contributed by atoms with Crippen molar-refractivity contribution in [3.8, 4) is 0 Å². The van der Waals surface area contributed by atoms with E-state index in [4.69, 9.17) is 0 Å². The van der Waals surface area contributed by atoms with E-state index in [1.54, 1.807) is 25.5 Å². The molecule has 0 aromatic carbocycles. The Balaban J connectivity index is 2.16. The van der Waals surface area contributed by atoms with Gasteiger partial charge in [-0.3, -0.25) is 0 Å². The quantitative estimate of drug-likeness (QED) is 0.737. The van der Waals surface area contributed by atoms with Crippen LogP contribution in [0.4, 0.5) is 0 Å². The predicted molar refractivity (Wildman–Crippen MR) is 58.1 cm³/mol. The molecule has 2 aromatic rings. The highest BCUT2D eigenvalue weighted by molar-refractivity contribution is 7.89. The number of rotatable bonds is 4. The van der Waals surface area contributed by atoms with Gasteiger partial charge in [-0.2, -0.15) is 0 Å². The second-order valence-electron chi connectivity index (χ2n) is 3.36. The molecule has 0 radical (unpaired) electrons. The number of nitrogens with one attached hydrogen (secondary N) is 3. The summed E-state index contributed by atoms with van der Waals surface area (Å²) in [5.74, 6) is 0.583. The molecule has 1 unspecified atom stereocenters. The lowest BCUT2D eigenvalue weighted by molar-refractivity contribution is 0.561. The van der Waals surface area contributed by atoms with E-state index in [1.807, 2.05) is 0 Å². The molecule has 0 saturated heterocycles. The summed E-state index contributed by atoms with van der Waals surface area (Å²) in [5, 5.41) is 0. The maximum atomic E-state index is 11.8.